The first-order valence-electron chi connectivity index (χ1n) is 7.42. The topological polar surface area (TPSA) is 110 Å². The van der Waals surface area contributed by atoms with E-state index in [1.54, 1.807) is 54.6 Å². The van der Waals surface area contributed by atoms with E-state index < -0.39 is 30.0 Å². The lowest BCUT2D eigenvalue weighted by Crippen LogP contribution is -2.42. The molecule has 0 aliphatic heterocycles. The number of hydrogen-bond acceptors (Lipinski definition) is 5. The molecule has 126 valence electrons. The van der Waals surface area contributed by atoms with Crippen molar-refractivity contribution in [2.45, 2.75) is 18.8 Å². The molecule has 0 bridgehead atoms. The van der Waals surface area contributed by atoms with Crippen LogP contribution in [0.4, 0.5) is 0 Å². The lowest BCUT2D eigenvalue weighted by Gasteiger charge is -2.25. The zero-order valence-electron chi connectivity index (χ0n) is 12.9. The highest BCUT2D eigenvalue weighted by Gasteiger charge is 2.39. The van der Waals surface area contributed by atoms with Crippen molar-refractivity contribution < 1.29 is 24.5 Å². The Balaban J connectivity index is 2.16. The summed E-state index contributed by atoms with van der Waals surface area (Å²) in [7, 11) is 0. The van der Waals surface area contributed by atoms with Gasteiger partial charge in [0.15, 0.2) is 6.10 Å². The second kappa shape index (κ2) is 8.24. The van der Waals surface area contributed by atoms with Gasteiger partial charge < -0.3 is 20.7 Å². The first kappa shape index (κ1) is 17.7. The summed E-state index contributed by atoms with van der Waals surface area (Å²) in [5.74, 6) is -3.79. The number of aliphatic hydroxyl groups is 1. The normalized spacial score (nSPS) is 14.4. The van der Waals surface area contributed by atoms with Crippen LogP contribution in [0.5, 0.6) is 0 Å². The fraction of sp³-hybridized carbons (Fsp3) is 0.222. The predicted octanol–water partition coefficient (Wildman–Crippen LogP) is 1.49. The number of carbonyl (C=O) groups is 2. The summed E-state index contributed by atoms with van der Waals surface area (Å²) in [6, 6.07) is 16.5. The molecule has 2 aromatic carbocycles. The number of carbonyl (C=O) groups excluding carboxylic acids is 1. The molecule has 2 rings (SSSR count). The van der Waals surface area contributed by atoms with Crippen molar-refractivity contribution in [3.63, 3.8) is 0 Å². The molecular weight excluding hydrogens is 310 g/mol. The summed E-state index contributed by atoms with van der Waals surface area (Å²) in [5, 5.41) is 19.0. The average molecular weight is 329 g/mol. The van der Waals surface area contributed by atoms with Gasteiger partial charge in [0, 0.05) is 6.04 Å². The minimum atomic E-state index is -1.96. The molecule has 6 heteroatoms. The van der Waals surface area contributed by atoms with Crippen molar-refractivity contribution in [3.05, 3.63) is 71.8 Å². The standard InChI is InChI=1S/C18H19NO5/c19-15(13-9-5-2-6-10-13)14(16(20)17(21)22)18(23)24-11-12-7-3-1-4-8-12/h1-10,14-16,20H,11,19H2,(H,21,22)/t14-,15?,16+/m1/s1. The molecule has 24 heavy (non-hydrogen) atoms. The molecule has 0 radical (unpaired) electrons. The molecule has 4 N–H and O–H groups in total. The van der Waals surface area contributed by atoms with Crippen LogP contribution in [0.2, 0.25) is 0 Å². The Bertz CT molecular complexity index is 674. The van der Waals surface area contributed by atoms with E-state index in [4.69, 9.17) is 15.6 Å². The summed E-state index contributed by atoms with van der Waals surface area (Å²) in [6.07, 6.45) is -1.96. The number of benzene rings is 2. The smallest absolute Gasteiger partial charge is 0.333 e. The fourth-order valence-corrected chi connectivity index (χ4v) is 2.33. The summed E-state index contributed by atoms with van der Waals surface area (Å²) in [6.45, 7) is -0.0238. The number of esters is 1. The lowest BCUT2D eigenvalue weighted by atomic mass is 9.89. The minimum absolute atomic E-state index is 0.0238. The van der Waals surface area contributed by atoms with Crippen LogP contribution in [0, 0.1) is 5.92 Å². The summed E-state index contributed by atoms with van der Waals surface area (Å²) in [5.41, 5.74) is 7.32. The van der Waals surface area contributed by atoms with Crippen molar-refractivity contribution in [3.8, 4) is 0 Å². The van der Waals surface area contributed by atoms with Gasteiger partial charge in [0.2, 0.25) is 0 Å². The highest BCUT2D eigenvalue weighted by atomic mass is 16.5. The number of hydrogen-bond donors (Lipinski definition) is 3. The van der Waals surface area contributed by atoms with Gasteiger partial charge in [-0.2, -0.15) is 0 Å². The molecule has 0 heterocycles. The van der Waals surface area contributed by atoms with Gasteiger partial charge in [0.25, 0.3) is 0 Å². The Hall–Kier alpha value is -2.70. The van der Waals surface area contributed by atoms with E-state index in [9.17, 15) is 14.7 Å². The molecule has 6 nitrogen and oxygen atoms in total. The molecule has 0 aliphatic carbocycles. The molecular formula is C18H19NO5. The third-order valence-electron chi connectivity index (χ3n) is 3.66. The number of nitrogens with two attached hydrogens (primary N) is 1. The van der Waals surface area contributed by atoms with Gasteiger partial charge in [-0.05, 0) is 11.1 Å². The molecule has 2 aromatic rings. The molecule has 0 saturated carbocycles. The van der Waals surface area contributed by atoms with Crippen LogP contribution in [0.15, 0.2) is 60.7 Å². The van der Waals surface area contributed by atoms with Crippen molar-refractivity contribution in [1.29, 1.82) is 0 Å². The molecule has 3 atom stereocenters. The quantitative estimate of drug-likeness (QED) is 0.664. The van der Waals surface area contributed by atoms with Crippen LogP contribution in [-0.4, -0.2) is 28.3 Å². The molecule has 0 spiro atoms. The Morgan fingerprint density at radius 3 is 2.08 bits per heavy atom. The molecule has 1 unspecified atom stereocenters. The van der Waals surface area contributed by atoms with Gasteiger partial charge >= 0.3 is 11.9 Å². The zero-order chi connectivity index (χ0) is 17.5. The molecule has 0 aromatic heterocycles. The number of ether oxygens (including phenoxy) is 1. The van der Waals surface area contributed by atoms with E-state index in [2.05, 4.69) is 0 Å². The Kier molecular flexibility index (Phi) is 6.06. The van der Waals surface area contributed by atoms with Crippen molar-refractivity contribution in [1.82, 2.24) is 0 Å². The Labute approximate surface area is 139 Å². The Morgan fingerprint density at radius 2 is 1.54 bits per heavy atom. The molecule has 0 amide bonds. The first-order valence-corrected chi connectivity index (χ1v) is 7.42. The van der Waals surface area contributed by atoms with Crippen molar-refractivity contribution in [2.24, 2.45) is 11.7 Å². The monoisotopic (exact) mass is 329 g/mol. The number of carboxylic acids is 1. The number of aliphatic carboxylic acids is 1. The van der Waals surface area contributed by atoms with E-state index in [1.165, 1.54) is 0 Å². The third-order valence-corrected chi connectivity index (χ3v) is 3.66. The number of carboxylic acid groups (broad SMARTS) is 1. The van der Waals surface area contributed by atoms with Crippen LogP contribution < -0.4 is 5.73 Å². The summed E-state index contributed by atoms with van der Waals surface area (Å²) < 4.78 is 5.16. The van der Waals surface area contributed by atoms with Gasteiger partial charge in [-0.15, -0.1) is 0 Å². The van der Waals surface area contributed by atoms with Gasteiger partial charge in [-0.1, -0.05) is 60.7 Å². The number of aliphatic hydroxyl groups excluding tert-OH is 1. The van der Waals surface area contributed by atoms with Crippen LogP contribution >= 0.6 is 0 Å². The zero-order valence-corrected chi connectivity index (χ0v) is 12.9. The van der Waals surface area contributed by atoms with Crippen molar-refractivity contribution >= 4 is 11.9 Å². The van der Waals surface area contributed by atoms with E-state index in [-0.39, 0.29) is 6.61 Å². The van der Waals surface area contributed by atoms with Gasteiger partial charge in [-0.25, -0.2) is 4.79 Å². The lowest BCUT2D eigenvalue weighted by molar-refractivity contribution is -0.165. The van der Waals surface area contributed by atoms with Crippen LogP contribution in [0.3, 0.4) is 0 Å². The maximum absolute atomic E-state index is 12.4. The average Bonchev–Trinajstić information content (AvgIpc) is 2.61. The largest absolute Gasteiger partial charge is 0.479 e. The van der Waals surface area contributed by atoms with Gasteiger partial charge in [-0.3, -0.25) is 4.79 Å². The SMILES string of the molecule is NC(c1ccccc1)[C@@H](C(=O)OCc1ccccc1)[C@H](O)C(=O)O. The maximum atomic E-state index is 12.4. The van der Waals surface area contributed by atoms with Crippen LogP contribution in [-0.2, 0) is 20.9 Å². The van der Waals surface area contributed by atoms with E-state index in [0.29, 0.717) is 5.56 Å². The predicted molar refractivity (Wildman–Crippen MR) is 86.7 cm³/mol. The first-order chi connectivity index (χ1) is 11.5. The fourth-order valence-electron chi connectivity index (χ4n) is 2.33. The molecule has 0 fully saturated rings. The van der Waals surface area contributed by atoms with E-state index in [1.807, 2.05) is 6.07 Å². The highest BCUT2D eigenvalue weighted by Crippen LogP contribution is 2.24. The second-order valence-corrected chi connectivity index (χ2v) is 5.34. The molecule has 0 aliphatic rings. The van der Waals surface area contributed by atoms with Crippen LogP contribution in [0.1, 0.15) is 17.2 Å². The third kappa shape index (κ3) is 4.41. The van der Waals surface area contributed by atoms with Crippen LogP contribution in [0.25, 0.3) is 0 Å². The Morgan fingerprint density at radius 1 is 1.00 bits per heavy atom. The van der Waals surface area contributed by atoms with Crippen molar-refractivity contribution in [2.75, 3.05) is 0 Å². The van der Waals surface area contributed by atoms with E-state index >= 15 is 0 Å². The van der Waals surface area contributed by atoms with Gasteiger partial charge in [0.05, 0.1) is 0 Å². The summed E-state index contributed by atoms with van der Waals surface area (Å²) >= 11 is 0. The molecule has 0 saturated heterocycles. The van der Waals surface area contributed by atoms with E-state index in [0.717, 1.165) is 5.56 Å². The maximum Gasteiger partial charge on any atom is 0.333 e. The van der Waals surface area contributed by atoms with Gasteiger partial charge in [0.1, 0.15) is 12.5 Å². The summed E-state index contributed by atoms with van der Waals surface area (Å²) in [4.78, 5) is 23.5. The minimum Gasteiger partial charge on any atom is -0.479 e. The number of rotatable bonds is 7. The second-order valence-electron chi connectivity index (χ2n) is 5.34. The highest BCUT2D eigenvalue weighted by molar-refractivity contribution is 5.83.